The molecule has 1 heterocycles. The molecule has 2 heteroatoms. The van der Waals surface area contributed by atoms with Crippen molar-refractivity contribution in [3.8, 4) is 0 Å². The molecule has 2 nitrogen and oxygen atoms in total. The predicted octanol–water partition coefficient (Wildman–Crippen LogP) is 4.72. The molecule has 0 aliphatic heterocycles. The Labute approximate surface area is 120 Å². The normalized spacial score (nSPS) is 11.3. The summed E-state index contributed by atoms with van der Waals surface area (Å²) in [5.74, 6) is 0. The maximum Gasteiger partial charge on any atom is 0.0346 e. The minimum absolute atomic E-state index is 0.876. The van der Waals surface area contributed by atoms with Gasteiger partial charge in [-0.3, -0.25) is 4.98 Å². The largest absolute Gasteiger partial charge is 0.313 e. The van der Waals surface area contributed by atoms with Gasteiger partial charge in [-0.05, 0) is 49.1 Å². The molecule has 0 saturated heterocycles. The summed E-state index contributed by atoms with van der Waals surface area (Å²) >= 11 is 0. The molecule has 2 aromatic rings. The topological polar surface area (TPSA) is 36.7 Å². The molecular formula is C18H20N2. The second-order valence-electron chi connectivity index (χ2n) is 4.71. The van der Waals surface area contributed by atoms with Gasteiger partial charge in [-0.1, -0.05) is 42.5 Å². The molecule has 0 amide bonds. The second kappa shape index (κ2) is 8.05. The lowest BCUT2D eigenvalue weighted by molar-refractivity contribution is 0.782. The molecular weight excluding hydrogens is 244 g/mol. The Morgan fingerprint density at radius 1 is 0.950 bits per heavy atom. The van der Waals surface area contributed by atoms with Crippen molar-refractivity contribution in [3.05, 3.63) is 72.1 Å². The monoisotopic (exact) mass is 264 g/mol. The number of hydrogen-bond donors (Lipinski definition) is 1. The summed E-state index contributed by atoms with van der Waals surface area (Å²) in [5.41, 5.74) is 3.63. The number of benzene rings is 1. The van der Waals surface area contributed by atoms with Gasteiger partial charge in [0.2, 0.25) is 0 Å². The summed E-state index contributed by atoms with van der Waals surface area (Å²) in [6.07, 6.45) is 11.6. The number of unbranched alkanes of at least 4 members (excludes halogenated alkanes) is 3. The zero-order chi connectivity index (χ0) is 14.0. The third-order valence-electron chi connectivity index (χ3n) is 3.21. The molecule has 0 saturated carbocycles. The van der Waals surface area contributed by atoms with Crippen LogP contribution in [0.4, 0.5) is 0 Å². The van der Waals surface area contributed by atoms with Gasteiger partial charge in [-0.15, -0.1) is 0 Å². The van der Waals surface area contributed by atoms with E-state index >= 15 is 0 Å². The lowest BCUT2D eigenvalue weighted by atomic mass is 9.97. The first-order valence-electron chi connectivity index (χ1n) is 7.06. The van der Waals surface area contributed by atoms with Crippen LogP contribution >= 0.6 is 0 Å². The second-order valence-corrected chi connectivity index (χ2v) is 4.71. The summed E-state index contributed by atoms with van der Waals surface area (Å²) in [5, 5.41) is 7.04. The van der Waals surface area contributed by atoms with Gasteiger partial charge < -0.3 is 5.41 Å². The third kappa shape index (κ3) is 4.16. The minimum atomic E-state index is 0.876. The fourth-order valence-corrected chi connectivity index (χ4v) is 2.18. The van der Waals surface area contributed by atoms with E-state index in [4.69, 9.17) is 5.41 Å². The maximum absolute atomic E-state index is 7.04. The standard InChI is InChI=1S/C18H20N2/c19-13-7-2-1-6-12-18(16-9-4-3-5-10-16)17-11-8-14-20-15-17/h3-5,8-15,19H,1-2,6-7H2/b18-12+,19-13?. The van der Waals surface area contributed by atoms with Crippen LogP contribution in [0.25, 0.3) is 5.57 Å². The average molecular weight is 264 g/mol. The van der Waals surface area contributed by atoms with Crippen LogP contribution in [0.2, 0.25) is 0 Å². The Hall–Kier alpha value is -2.22. The number of nitrogens with zero attached hydrogens (tertiary/aromatic N) is 1. The number of pyridine rings is 1. The zero-order valence-electron chi connectivity index (χ0n) is 11.6. The van der Waals surface area contributed by atoms with E-state index in [1.54, 1.807) is 6.20 Å². The van der Waals surface area contributed by atoms with Crippen LogP contribution in [0.5, 0.6) is 0 Å². The van der Waals surface area contributed by atoms with Gasteiger partial charge in [0, 0.05) is 18.0 Å². The highest BCUT2D eigenvalue weighted by atomic mass is 14.6. The lowest BCUT2D eigenvalue weighted by Crippen LogP contribution is -1.89. The maximum atomic E-state index is 7.04. The van der Waals surface area contributed by atoms with Crippen molar-refractivity contribution in [3.63, 3.8) is 0 Å². The van der Waals surface area contributed by atoms with E-state index in [-0.39, 0.29) is 0 Å². The Kier molecular flexibility index (Phi) is 5.71. The van der Waals surface area contributed by atoms with E-state index in [9.17, 15) is 0 Å². The van der Waals surface area contributed by atoms with Gasteiger partial charge in [0.25, 0.3) is 0 Å². The molecule has 0 aliphatic carbocycles. The fourth-order valence-electron chi connectivity index (χ4n) is 2.18. The van der Waals surface area contributed by atoms with Crippen LogP contribution in [0.3, 0.4) is 0 Å². The van der Waals surface area contributed by atoms with Gasteiger partial charge in [-0.2, -0.15) is 0 Å². The molecule has 0 fully saturated rings. The third-order valence-corrected chi connectivity index (χ3v) is 3.21. The van der Waals surface area contributed by atoms with Crippen LogP contribution in [0.1, 0.15) is 36.8 Å². The van der Waals surface area contributed by atoms with Gasteiger partial charge in [0.05, 0.1) is 0 Å². The van der Waals surface area contributed by atoms with E-state index in [0.29, 0.717) is 0 Å². The molecule has 1 N–H and O–H groups in total. The number of nitrogens with one attached hydrogen (secondary N) is 1. The first-order chi connectivity index (χ1) is 9.92. The van der Waals surface area contributed by atoms with Crippen LogP contribution in [-0.2, 0) is 0 Å². The first-order valence-corrected chi connectivity index (χ1v) is 7.06. The minimum Gasteiger partial charge on any atom is -0.313 e. The van der Waals surface area contributed by atoms with Crippen molar-refractivity contribution in [1.29, 1.82) is 5.41 Å². The molecule has 0 aliphatic rings. The predicted molar refractivity (Wildman–Crippen MR) is 85.0 cm³/mol. The van der Waals surface area contributed by atoms with Crippen LogP contribution in [-0.4, -0.2) is 11.2 Å². The SMILES string of the molecule is N=CCCCC/C=C(\c1ccccc1)c1cccnc1. The molecule has 0 unspecified atom stereocenters. The van der Waals surface area contributed by atoms with Gasteiger partial charge in [0.1, 0.15) is 0 Å². The molecule has 102 valence electrons. The number of allylic oxidation sites excluding steroid dienone is 1. The summed E-state index contributed by atoms with van der Waals surface area (Å²) in [6, 6.07) is 14.5. The highest BCUT2D eigenvalue weighted by molar-refractivity contribution is 5.79. The van der Waals surface area contributed by atoms with E-state index in [1.165, 1.54) is 17.4 Å². The summed E-state index contributed by atoms with van der Waals surface area (Å²) in [7, 11) is 0. The van der Waals surface area contributed by atoms with E-state index in [0.717, 1.165) is 31.2 Å². The molecule has 2 rings (SSSR count). The highest BCUT2D eigenvalue weighted by Gasteiger charge is 2.03. The molecule has 0 bridgehead atoms. The van der Waals surface area contributed by atoms with E-state index < -0.39 is 0 Å². The van der Waals surface area contributed by atoms with Crippen molar-refractivity contribution in [2.24, 2.45) is 0 Å². The smallest absolute Gasteiger partial charge is 0.0346 e. The van der Waals surface area contributed by atoms with E-state index in [2.05, 4.69) is 41.4 Å². The number of rotatable bonds is 7. The molecule has 0 radical (unpaired) electrons. The number of aromatic nitrogens is 1. The fraction of sp³-hybridized carbons (Fsp3) is 0.222. The summed E-state index contributed by atoms with van der Waals surface area (Å²) < 4.78 is 0. The Morgan fingerprint density at radius 2 is 1.70 bits per heavy atom. The Balaban J connectivity index is 2.17. The van der Waals surface area contributed by atoms with Crippen LogP contribution in [0.15, 0.2) is 60.9 Å². The molecule has 1 aromatic heterocycles. The van der Waals surface area contributed by atoms with Crippen molar-refractivity contribution < 1.29 is 0 Å². The molecule has 0 atom stereocenters. The Bertz CT molecular complexity index is 503. The first kappa shape index (κ1) is 14.2. The van der Waals surface area contributed by atoms with Gasteiger partial charge in [-0.25, -0.2) is 0 Å². The van der Waals surface area contributed by atoms with Crippen molar-refractivity contribution in [1.82, 2.24) is 4.98 Å². The van der Waals surface area contributed by atoms with Crippen molar-refractivity contribution >= 4 is 11.8 Å². The highest BCUT2D eigenvalue weighted by Crippen LogP contribution is 2.23. The number of hydrogen-bond acceptors (Lipinski definition) is 2. The van der Waals surface area contributed by atoms with Crippen molar-refractivity contribution in [2.75, 3.05) is 0 Å². The van der Waals surface area contributed by atoms with Crippen LogP contribution < -0.4 is 0 Å². The van der Waals surface area contributed by atoms with E-state index in [1.807, 2.05) is 18.3 Å². The molecule has 20 heavy (non-hydrogen) atoms. The Morgan fingerprint density at radius 3 is 2.40 bits per heavy atom. The van der Waals surface area contributed by atoms with Gasteiger partial charge >= 0.3 is 0 Å². The summed E-state index contributed by atoms with van der Waals surface area (Å²) in [6.45, 7) is 0. The molecule has 1 aromatic carbocycles. The average Bonchev–Trinajstić information content (AvgIpc) is 2.53. The zero-order valence-corrected chi connectivity index (χ0v) is 11.6. The quantitative estimate of drug-likeness (QED) is 0.570. The lowest BCUT2D eigenvalue weighted by Gasteiger charge is -2.08. The van der Waals surface area contributed by atoms with Crippen molar-refractivity contribution in [2.45, 2.75) is 25.7 Å². The van der Waals surface area contributed by atoms with Gasteiger partial charge in [0.15, 0.2) is 0 Å². The molecule has 0 spiro atoms. The summed E-state index contributed by atoms with van der Waals surface area (Å²) in [4.78, 5) is 4.22. The van der Waals surface area contributed by atoms with Crippen LogP contribution in [0, 0.1) is 5.41 Å².